The van der Waals surface area contributed by atoms with E-state index in [1.807, 2.05) is 0 Å². The van der Waals surface area contributed by atoms with Crippen LogP contribution in [-0.4, -0.2) is 20.4 Å². The highest BCUT2D eigenvalue weighted by Gasteiger charge is 2.16. The molecule has 0 saturated carbocycles. The number of esters is 1. The lowest BCUT2D eigenvalue weighted by atomic mass is 10.3. The average Bonchev–Trinajstić information content (AvgIpc) is 2.27. The Morgan fingerprint density at radius 2 is 2.00 bits per heavy atom. The zero-order valence-electron chi connectivity index (χ0n) is 11.1. The molecule has 0 heterocycles. The molecule has 0 fully saturated rings. The largest absolute Gasteiger partial charge is 0.423 e. The van der Waals surface area contributed by atoms with Crippen molar-refractivity contribution in [3.63, 3.8) is 0 Å². The zero-order valence-corrected chi connectivity index (χ0v) is 12.0. The molecule has 0 spiro atoms. The number of nitrogens with one attached hydrogen (secondary N) is 1. The number of hydrogen-bond donors (Lipinski definition) is 1. The Morgan fingerprint density at radius 1 is 1.37 bits per heavy atom. The van der Waals surface area contributed by atoms with Crippen molar-refractivity contribution in [2.24, 2.45) is 0 Å². The van der Waals surface area contributed by atoms with Gasteiger partial charge in [0.2, 0.25) is 10.0 Å². The molecule has 0 aliphatic heterocycles. The maximum absolute atomic E-state index is 11.9. The Labute approximate surface area is 113 Å². The summed E-state index contributed by atoms with van der Waals surface area (Å²) in [4.78, 5) is 11.4. The van der Waals surface area contributed by atoms with Crippen LogP contribution >= 0.6 is 0 Å². The van der Waals surface area contributed by atoms with Gasteiger partial charge >= 0.3 is 5.97 Å². The van der Waals surface area contributed by atoms with Gasteiger partial charge in [-0.1, -0.05) is 12.6 Å². The van der Waals surface area contributed by atoms with Gasteiger partial charge in [0.15, 0.2) is 0 Å². The first-order valence-corrected chi connectivity index (χ1v) is 7.21. The maximum atomic E-state index is 11.9. The van der Waals surface area contributed by atoms with E-state index < -0.39 is 16.0 Å². The van der Waals surface area contributed by atoms with E-state index in [-0.39, 0.29) is 22.3 Å². The Balaban J connectivity index is 3.01. The van der Waals surface area contributed by atoms with Crippen LogP contribution in [0.5, 0.6) is 5.75 Å². The first-order valence-electron chi connectivity index (χ1n) is 5.72. The van der Waals surface area contributed by atoms with E-state index >= 15 is 0 Å². The SMILES string of the molecule is C=C(C)C(=O)Oc1cccc(S(=O)(=O)NC(C)C)c1. The third kappa shape index (κ3) is 4.50. The van der Waals surface area contributed by atoms with Crippen LogP contribution in [0.4, 0.5) is 0 Å². The minimum absolute atomic E-state index is 0.0493. The molecule has 6 heteroatoms. The second-order valence-electron chi connectivity index (χ2n) is 4.42. The molecule has 104 valence electrons. The molecule has 0 aromatic heterocycles. The Kier molecular flexibility index (Phi) is 4.85. The van der Waals surface area contributed by atoms with Gasteiger partial charge in [0.25, 0.3) is 0 Å². The van der Waals surface area contributed by atoms with E-state index in [1.165, 1.54) is 31.2 Å². The van der Waals surface area contributed by atoms with Gasteiger partial charge in [-0.3, -0.25) is 0 Å². The predicted octanol–water partition coefficient (Wildman–Crippen LogP) is 1.85. The van der Waals surface area contributed by atoms with E-state index in [9.17, 15) is 13.2 Å². The molecule has 1 aromatic rings. The number of carbonyl (C=O) groups is 1. The molecule has 0 aliphatic rings. The first-order chi connectivity index (χ1) is 8.72. The highest BCUT2D eigenvalue weighted by molar-refractivity contribution is 7.89. The van der Waals surface area contributed by atoms with Crippen molar-refractivity contribution in [1.82, 2.24) is 4.72 Å². The summed E-state index contributed by atoms with van der Waals surface area (Å²) >= 11 is 0. The molecule has 1 aromatic carbocycles. The number of carbonyl (C=O) groups excluding carboxylic acids is 1. The van der Waals surface area contributed by atoms with Gasteiger partial charge < -0.3 is 4.74 Å². The lowest BCUT2D eigenvalue weighted by molar-refractivity contribution is -0.130. The fourth-order valence-electron chi connectivity index (χ4n) is 1.28. The van der Waals surface area contributed by atoms with Crippen LogP contribution in [0.15, 0.2) is 41.3 Å². The Morgan fingerprint density at radius 3 is 2.53 bits per heavy atom. The van der Waals surface area contributed by atoms with Crippen LogP contribution in [0, 0.1) is 0 Å². The van der Waals surface area contributed by atoms with Crippen LogP contribution < -0.4 is 9.46 Å². The van der Waals surface area contributed by atoms with Gasteiger partial charge in [0.1, 0.15) is 5.75 Å². The van der Waals surface area contributed by atoms with Crippen molar-refractivity contribution in [1.29, 1.82) is 0 Å². The molecular weight excluding hydrogens is 266 g/mol. The summed E-state index contributed by atoms with van der Waals surface area (Å²) < 4.78 is 31.3. The number of benzene rings is 1. The molecule has 1 N–H and O–H groups in total. The molecule has 0 aliphatic carbocycles. The van der Waals surface area contributed by atoms with Crippen molar-refractivity contribution in [3.05, 3.63) is 36.4 Å². The van der Waals surface area contributed by atoms with E-state index in [2.05, 4.69) is 11.3 Å². The van der Waals surface area contributed by atoms with E-state index in [0.717, 1.165) is 0 Å². The van der Waals surface area contributed by atoms with Crippen LogP contribution in [-0.2, 0) is 14.8 Å². The lowest BCUT2D eigenvalue weighted by Gasteiger charge is -2.10. The second kappa shape index (κ2) is 5.99. The quantitative estimate of drug-likeness (QED) is 0.508. The highest BCUT2D eigenvalue weighted by Crippen LogP contribution is 2.18. The third-order valence-electron chi connectivity index (χ3n) is 2.07. The summed E-state index contributed by atoms with van der Waals surface area (Å²) in [6.07, 6.45) is 0. The second-order valence-corrected chi connectivity index (χ2v) is 6.13. The summed E-state index contributed by atoms with van der Waals surface area (Å²) in [5.74, 6) is -0.425. The topological polar surface area (TPSA) is 72.5 Å². The Bertz CT molecular complexity index is 590. The third-order valence-corrected chi connectivity index (χ3v) is 3.72. The van der Waals surface area contributed by atoms with E-state index in [0.29, 0.717) is 0 Å². The van der Waals surface area contributed by atoms with Crippen molar-refractivity contribution >= 4 is 16.0 Å². The van der Waals surface area contributed by atoms with Gasteiger partial charge in [-0.15, -0.1) is 0 Å². The number of sulfonamides is 1. The van der Waals surface area contributed by atoms with Gasteiger partial charge in [0.05, 0.1) is 4.90 Å². The molecule has 0 atom stereocenters. The van der Waals surface area contributed by atoms with Gasteiger partial charge in [-0.05, 0) is 32.9 Å². The number of rotatable bonds is 5. The molecule has 0 amide bonds. The standard InChI is InChI=1S/C13H17NO4S/c1-9(2)13(15)18-11-6-5-7-12(8-11)19(16,17)14-10(3)4/h5-8,10,14H,1H2,2-4H3. The Hall–Kier alpha value is -1.66. The fourth-order valence-corrected chi connectivity index (χ4v) is 2.56. The fraction of sp³-hybridized carbons (Fsp3) is 0.308. The summed E-state index contributed by atoms with van der Waals surface area (Å²) in [6.45, 7) is 8.42. The van der Waals surface area contributed by atoms with Gasteiger partial charge in [0, 0.05) is 17.7 Å². The van der Waals surface area contributed by atoms with Crippen LogP contribution in [0.1, 0.15) is 20.8 Å². The minimum atomic E-state index is -3.60. The van der Waals surface area contributed by atoms with Crippen LogP contribution in [0.25, 0.3) is 0 Å². The van der Waals surface area contributed by atoms with Gasteiger partial charge in [-0.25, -0.2) is 17.9 Å². The summed E-state index contributed by atoms with van der Waals surface area (Å²) in [5.41, 5.74) is 0.244. The van der Waals surface area contributed by atoms with Crippen molar-refractivity contribution in [3.8, 4) is 5.75 Å². The van der Waals surface area contributed by atoms with Crippen molar-refractivity contribution in [2.45, 2.75) is 31.7 Å². The molecule has 0 bridgehead atoms. The van der Waals surface area contributed by atoms with Crippen LogP contribution in [0.3, 0.4) is 0 Å². The number of hydrogen-bond acceptors (Lipinski definition) is 4. The molecule has 1 rings (SSSR count). The molecule has 0 unspecified atom stereocenters. The predicted molar refractivity (Wildman–Crippen MR) is 72.3 cm³/mol. The van der Waals surface area contributed by atoms with Gasteiger partial charge in [-0.2, -0.15) is 0 Å². The molecule has 0 radical (unpaired) electrons. The minimum Gasteiger partial charge on any atom is -0.423 e. The molecule has 19 heavy (non-hydrogen) atoms. The summed E-state index contributed by atoms with van der Waals surface area (Å²) in [6, 6.07) is 5.53. The summed E-state index contributed by atoms with van der Waals surface area (Å²) in [7, 11) is -3.60. The maximum Gasteiger partial charge on any atom is 0.338 e. The lowest BCUT2D eigenvalue weighted by Crippen LogP contribution is -2.30. The van der Waals surface area contributed by atoms with Crippen LogP contribution in [0.2, 0.25) is 0 Å². The normalized spacial score (nSPS) is 11.4. The van der Waals surface area contributed by atoms with Crippen molar-refractivity contribution in [2.75, 3.05) is 0 Å². The van der Waals surface area contributed by atoms with E-state index in [4.69, 9.17) is 4.74 Å². The highest BCUT2D eigenvalue weighted by atomic mass is 32.2. The monoisotopic (exact) mass is 283 g/mol. The smallest absolute Gasteiger partial charge is 0.338 e. The number of ether oxygens (including phenoxy) is 1. The zero-order chi connectivity index (χ0) is 14.6. The first kappa shape index (κ1) is 15.4. The van der Waals surface area contributed by atoms with Crippen molar-refractivity contribution < 1.29 is 17.9 Å². The molecule has 5 nitrogen and oxygen atoms in total. The summed E-state index contributed by atoms with van der Waals surface area (Å²) in [5, 5.41) is 0. The average molecular weight is 283 g/mol. The molecule has 0 saturated heterocycles. The van der Waals surface area contributed by atoms with E-state index in [1.54, 1.807) is 13.8 Å². The molecular formula is C13H17NO4S.